The van der Waals surface area contributed by atoms with Gasteiger partial charge in [0.25, 0.3) is 5.91 Å². The highest BCUT2D eigenvalue weighted by Gasteiger charge is 2.24. The number of methoxy groups -OCH3 is 2. The molecule has 2 heterocycles. The van der Waals surface area contributed by atoms with Crippen LogP contribution < -0.4 is 30.1 Å². The van der Waals surface area contributed by atoms with Crippen LogP contribution in [0.1, 0.15) is 28.7 Å². The zero-order chi connectivity index (χ0) is 27.1. The number of carbonyl (C=O) groups excluding carboxylic acids is 2. The van der Waals surface area contributed by atoms with Crippen LogP contribution >= 0.6 is 0 Å². The highest BCUT2D eigenvalue weighted by Crippen LogP contribution is 2.38. The summed E-state index contributed by atoms with van der Waals surface area (Å²) in [6.45, 7) is 1.15. The summed E-state index contributed by atoms with van der Waals surface area (Å²) in [5, 5.41) is 19.1. The number of esters is 1. The van der Waals surface area contributed by atoms with Crippen molar-refractivity contribution in [2.75, 3.05) is 20.0 Å². The second-order valence-electron chi connectivity index (χ2n) is 7.42. The van der Waals surface area contributed by atoms with E-state index < -0.39 is 11.9 Å². The van der Waals surface area contributed by atoms with E-state index in [9.17, 15) is 9.59 Å². The molecule has 0 radical (unpaired) electrons. The van der Waals surface area contributed by atoms with Gasteiger partial charge < -0.3 is 24.7 Å². The van der Waals surface area contributed by atoms with Crippen LogP contribution in [0.5, 0.6) is 23.0 Å². The van der Waals surface area contributed by atoms with E-state index in [-0.39, 0.29) is 46.9 Å². The van der Waals surface area contributed by atoms with Gasteiger partial charge >= 0.3 is 5.97 Å². The van der Waals surface area contributed by atoms with E-state index in [0.717, 1.165) is 0 Å². The van der Waals surface area contributed by atoms with E-state index in [0.29, 0.717) is 11.3 Å². The zero-order valence-electron chi connectivity index (χ0n) is 20.4. The van der Waals surface area contributed by atoms with Crippen LogP contribution in [0.4, 0.5) is 5.82 Å². The van der Waals surface area contributed by atoms with Gasteiger partial charge in [0.15, 0.2) is 17.2 Å². The van der Waals surface area contributed by atoms with Crippen molar-refractivity contribution in [3.63, 3.8) is 0 Å². The molecule has 2 aromatic heterocycles. The number of benzene rings is 2. The maximum Gasteiger partial charge on any atom is 0.308 e. The van der Waals surface area contributed by atoms with E-state index in [1.54, 1.807) is 36.4 Å². The summed E-state index contributed by atoms with van der Waals surface area (Å²) in [4.78, 5) is 24.4. The third-order valence-corrected chi connectivity index (χ3v) is 4.90. The number of hydrogen-bond donors (Lipinski definition) is 2. The molecule has 196 valence electrons. The molecular formula is C23H22N8O7. The monoisotopic (exact) mass is 522 g/mol. The van der Waals surface area contributed by atoms with Gasteiger partial charge in [-0.1, -0.05) is 23.4 Å². The molecule has 0 atom stereocenters. The third kappa shape index (κ3) is 5.67. The van der Waals surface area contributed by atoms with E-state index in [1.807, 2.05) is 6.07 Å². The standard InChI is InChI=1S/C23H22N8O7/c1-13(32)37-20-17(34-2)9-14(10-18(20)35-3)11-25-27-23(33)19-16(12-36-15-7-5-4-6-8-15)31(30-26-19)22-21(24)28-38-29-22/h4-11H,12H2,1-3H3,(H2,24,28)(H,27,33). The van der Waals surface area contributed by atoms with Crippen molar-refractivity contribution in [1.29, 1.82) is 0 Å². The van der Waals surface area contributed by atoms with Crippen molar-refractivity contribution in [2.24, 2.45) is 5.10 Å². The first kappa shape index (κ1) is 25.6. The van der Waals surface area contributed by atoms with Crippen molar-refractivity contribution in [3.05, 3.63) is 59.4 Å². The lowest BCUT2D eigenvalue weighted by Gasteiger charge is -2.13. The van der Waals surface area contributed by atoms with Crippen LogP contribution in [0.25, 0.3) is 5.82 Å². The summed E-state index contributed by atoms with van der Waals surface area (Å²) in [6, 6.07) is 12.0. The van der Waals surface area contributed by atoms with Gasteiger partial charge in [0, 0.05) is 12.5 Å². The Hall–Kier alpha value is -5.47. The lowest BCUT2D eigenvalue weighted by molar-refractivity contribution is -0.132. The van der Waals surface area contributed by atoms with Crippen molar-refractivity contribution in [3.8, 4) is 28.8 Å². The SMILES string of the molecule is COc1cc(C=NNC(=O)c2nnn(-c3nonc3N)c2COc2ccccc2)cc(OC)c1OC(C)=O. The molecule has 0 bridgehead atoms. The van der Waals surface area contributed by atoms with E-state index in [1.165, 1.54) is 32.0 Å². The molecule has 15 heteroatoms. The average Bonchev–Trinajstić information content (AvgIpc) is 3.53. The number of nitrogen functional groups attached to an aromatic ring is 1. The fraction of sp³-hybridized carbons (Fsp3) is 0.174. The molecule has 0 unspecified atom stereocenters. The Kier molecular flexibility index (Phi) is 7.76. The van der Waals surface area contributed by atoms with Crippen LogP contribution in [0.2, 0.25) is 0 Å². The van der Waals surface area contributed by atoms with Crippen LogP contribution in [-0.2, 0) is 11.4 Å². The Morgan fingerprint density at radius 2 is 1.84 bits per heavy atom. The summed E-state index contributed by atoms with van der Waals surface area (Å²) < 4.78 is 27.3. The zero-order valence-corrected chi connectivity index (χ0v) is 20.4. The first-order valence-electron chi connectivity index (χ1n) is 10.9. The van der Waals surface area contributed by atoms with Crippen molar-refractivity contribution >= 4 is 23.9 Å². The third-order valence-electron chi connectivity index (χ3n) is 4.90. The second-order valence-corrected chi connectivity index (χ2v) is 7.42. The highest BCUT2D eigenvalue weighted by atomic mass is 16.6. The topological polar surface area (TPSA) is 191 Å². The van der Waals surface area contributed by atoms with Gasteiger partial charge in [0.05, 0.1) is 20.4 Å². The number of amides is 1. The summed E-state index contributed by atoms with van der Waals surface area (Å²) in [5.41, 5.74) is 8.78. The maximum atomic E-state index is 13.0. The molecule has 0 fully saturated rings. The number of para-hydroxylation sites is 1. The molecule has 0 saturated carbocycles. The largest absolute Gasteiger partial charge is 0.493 e. The van der Waals surface area contributed by atoms with Crippen LogP contribution in [-0.4, -0.2) is 57.6 Å². The number of anilines is 1. The average molecular weight is 522 g/mol. The number of nitrogens with one attached hydrogen (secondary N) is 1. The van der Waals surface area contributed by atoms with Gasteiger partial charge in [-0.3, -0.25) is 9.59 Å². The molecule has 3 N–H and O–H groups in total. The molecule has 0 aliphatic heterocycles. The van der Waals surface area contributed by atoms with Crippen LogP contribution in [0, 0.1) is 0 Å². The Morgan fingerprint density at radius 3 is 2.45 bits per heavy atom. The number of hydrazone groups is 1. The normalized spacial score (nSPS) is 10.8. The molecule has 4 rings (SSSR count). The number of nitrogens with two attached hydrogens (primary N) is 1. The predicted octanol–water partition coefficient (Wildman–Crippen LogP) is 1.52. The minimum atomic E-state index is -0.690. The van der Waals surface area contributed by atoms with Crippen molar-refractivity contribution in [2.45, 2.75) is 13.5 Å². The van der Waals surface area contributed by atoms with Gasteiger partial charge in [0.2, 0.25) is 17.4 Å². The summed E-state index contributed by atoms with van der Waals surface area (Å²) >= 11 is 0. The molecule has 38 heavy (non-hydrogen) atoms. The molecule has 0 spiro atoms. The number of carbonyl (C=O) groups is 2. The van der Waals surface area contributed by atoms with E-state index in [4.69, 9.17) is 24.7 Å². The number of ether oxygens (including phenoxy) is 4. The minimum absolute atomic E-state index is 0.0405. The molecule has 0 aliphatic carbocycles. The van der Waals surface area contributed by atoms with E-state index >= 15 is 0 Å². The van der Waals surface area contributed by atoms with Crippen molar-refractivity contribution < 1.29 is 33.2 Å². The minimum Gasteiger partial charge on any atom is -0.493 e. The highest BCUT2D eigenvalue weighted by molar-refractivity contribution is 5.94. The quantitative estimate of drug-likeness (QED) is 0.132. The first-order chi connectivity index (χ1) is 18.4. The van der Waals surface area contributed by atoms with Gasteiger partial charge in [-0.15, -0.1) is 5.10 Å². The lowest BCUT2D eigenvalue weighted by Crippen LogP contribution is -2.21. The molecule has 4 aromatic rings. The smallest absolute Gasteiger partial charge is 0.308 e. The fourth-order valence-corrected chi connectivity index (χ4v) is 3.22. The number of rotatable bonds is 10. The molecule has 15 nitrogen and oxygen atoms in total. The Morgan fingerprint density at radius 1 is 1.13 bits per heavy atom. The number of hydrogen-bond acceptors (Lipinski definition) is 13. The van der Waals surface area contributed by atoms with Gasteiger partial charge in [-0.25, -0.2) is 10.1 Å². The van der Waals surface area contributed by atoms with Gasteiger partial charge in [-0.05, 0) is 34.6 Å². The van der Waals surface area contributed by atoms with Gasteiger partial charge in [0.1, 0.15) is 18.1 Å². The predicted molar refractivity (Wildman–Crippen MR) is 130 cm³/mol. The fourth-order valence-electron chi connectivity index (χ4n) is 3.22. The first-order valence-corrected chi connectivity index (χ1v) is 10.9. The molecule has 0 aliphatic rings. The molecular weight excluding hydrogens is 500 g/mol. The van der Waals surface area contributed by atoms with E-state index in [2.05, 4.69) is 35.8 Å². The van der Waals surface area contributed by atoms with Gasteiger partial charge in [-0.2, -0.15) is 9.78 Å². The summed E-state index contributed by atoms with van der Waals surface area (Å²) in [7, 11) is 2.81. The molecule has 0 saturated heterocycles. The second kappa shape index (κ2) is 11.5. The van der Waals surface area contributed by atoms with Crippen molar-refractivity contribution in [1.82, 2.24) is 30.7 Å². The molecule has 1 amide bonds. The Labute approximate surface area is 215 Å². The summed E-state index contributed by atoms with van der Waals surface area (Å²) in [5.74, 6) is -0.118. The Bertz CT molecular complexity index is 1440. The van der Waals surface area contributed by atoms with Crippen LogP contribution in [0.15, 0.2) is 52.2 Å². The summed E-state index contributed by atoms with van der Waals surface area (Å²) in [6.07, 6.45) is 1.34. The number of aromatic nitrogens is 5. The Balaban J connectivity index is 1.57. The maximum absolute atomic E-state index is 13.0. The van der Waals surface area contributed by atoms with Crippen LogP contribution in [0.3, 0.4) is 0 Å². The lowest BCUT2D eigenvalue weighted by atomic mass is 10.2. The molecule has 2 aromatic carbocycles. The number of nitrogens with zero attached hydrogens (tertiary/aromatic N) is 6.